The number of carbonyl (C=O) groups is 3. The highest BCUT2D eigenvalue weighted by atomic mass is 35.5. The molecule has 1 aliphatic heterocycles. The molecule has 0 spiro atoms. The minimum absolute atomic E-state index is 0.121. The first kappa shape index (κ1) is 21.1. The monoisotopic (exact) mass is 413 g/mol. The second-order valence-electron chi connectivity index (χ2n) is 5.90. The molecule has 1 atom stereocenters. The topological polar surface area (TPSA) is 98.8 Å². The van der Waals surface area contributed by atoms with Gasteiger partial charge in [-0.15, -0.1) is 0 Å². The maximum Gasteiger partial charge on any atom is 0.338 e. The summed E-state index contributed by atoms with van der Waals surface area (Å²) in [6.07, 6.45) is -0.00614. The first-order valence-corrected chi connectivity index (χ1v) is 9.12. The number of benzene rings is 1. The number of rotatable bonds is 7. The summed E-state index contributed by atoms with van der Waals surface area (Å²) >= 11 is 12.2. The van der Waals surface area contributed by atoms with Crippen LogP contribution in [0.4, 0.5) is 4.79 Å². The van der Waals surface area contributed by atoms with E-state index in [9.17, 15) is 19.5 Å². The number of amides is 2. The summed E-state index contributed by atoms with van der Waals surface area (Å²) in [7, 11) is 0. The Hall–Kier alpha value is -2.25. The number of hydrogen-bond donors (Lipinski definition) is 1. The number of carboxylic acid groups (broad SMARTS) is 1. The van der Waals surface area contributed by atoms with Gasteiger partial charge >= 0.3 is 12.0 Å². The van der Waals surface area contributed by atoms with Crippen LogP contribution in [-0.4, -0.2) is 36.0 Å². The van der Waals surface area contributed by atoms with Gasteiger partial charge in [0, 0.05) is 28.3 Å². The summed E-state index contributed by atoms with van der Waals surface area (Å²) in [6.45, 7) is 3.57. The molecular weight excluding hydrogens is 395 g/mol. The zero-order valence-corrected chi connectivity index (χ0v) is 16.4. The van der Waals surface area contributed by atoms with Gasteiger partial charge in [-0.25, -0.2) is 9.59 Å². The van der Waals surface area contributed by atoms with Crippen molar-refractivity contribution >= 4 is 41.2 Å². The van der Waals surface area contributed by atoms with Crippen molar-refractivity contribution in [2.24, 2.45) is 0 Å². The molecule has 1 aromatic carbocycles. The van der Waals surface area contributed by atoms with Crippen molar-refractivity contribution in [3.63, 3.8) is 0 Å². The van der Waals surface area contributed by atoms with Crippen molar-refractivity contribution in [3.8, 4) is 0 Å². The molecule has 0 bridgehead atoms. The fraction of sp³-hybridized carbons (Fsp3) is 0.389. The number of hydrogen-bond acceptors (Lipinski definition) is 5. The van der Waals surface area contributed by atoms with Crippen molar-refractivity contribution in [1.82, 2.24) is 10.2 Å². The Morgan fingerprint density at radius 2 is 2.04 bits per heavy atom. The zero-order valence-electron chi connectivity index (χ0n) is 14.9. The van der Waals surface area contributed by atoms with E-state index < -0.39 is 24.0 Å². The van der Waals surface area contributed by atoms with Crippen LogP contribution in [0.15, 0.2) is 29.5 Å². The minimum Gasteiger partial charge on any atom is -0.550 e. The van der Waals surface area contributed by atoms with Crippen LogP contribution < -0.4 is 10.4 Å². The molecule has 1 N–H and O–H groups in total. The minimum atomic E-state index is -1.20. The fourth-order valence-corrected chi connectivity index (χ4v) is 3.39. The van der Waals surface area contributed by atoms with Crippen LogP contribution in [0, 0.1) is 0 Å². The molecule has 2 rings (SSSR count). The van der Waals surface area contributed by atoms with Gasteiger partial charge in [0.1, 0.15) is 0 Å². The van der Waals surface area contributed by atoms with Crippen LogP contribution >= 0.6 is 23.2 Å². The second-order valence-corrected chi connectivity index (χ2v) is 6.74. The molecule has 146 valence electrons. The van der Waals surface area contributed by atoms with Gasteiger partial charge in [-0.2, -0.15) is 0 Å². The smallest absolute Gasteiger partial charge is 0.338 e. The molecule has 0 saturated heterocycles. The molecule has 0 unspecified atom stereocenters. The maximum atomic E-state index is 12.6. The molecule has 2 amide bonds. The maximum absolute atomic E-state index is 12.6. The molecule has 7 nitrogen and oxygen atoms in total. The fourth-order valence-electron chi connectivity index (χ4n) is 2.87. The lowest BCUT2D eigenvalue weighted by Crippen LogP contribution is -2.48. The number of allylic oxidation sites excluding steroid dienone is 1. The number of nitrogens with one attached hydrogen (secondary N) is 1. The number of carbonyl (C=O) groups excluding carboxylic acids is 3. The number of esters is 1. The Bertz CT molecular complexity index is 794. The lowest BCUT2D eigenvalue weighted by Gasteiger charge is -2.35. The van der Waals surface area contributed by atoms with Crippen molar-refractivity contribution < 1.29 is 24.2 Å². The van der Waals surface area contributed by atoms with Gasteiger partial charge in [0.2, 0.25) is 0 Å². The van der Waals surface area contributed by atoms with Crippen molar-refractivity contribution in [2.45, 2.75) is 32.7 Å². The highest BCUT2D eigenvalue weighted by Gasteiger charge is 2.37. The average molecular weight is 414 g/mol. The van der Waals surface area contributed by atoms with Crippen LogP contribution in [0.25, 0.3) is 0 Å². The van der Waals surface area contributed by atoms with Crippen LogP contribution in [0.5, 0.6) is 0 Å². The van der Waals surface area contributed by atoms with Crippen molar-refractivity contribution in [1.29, 1.82) is 0 Å². The Balaban J connectivity index is 2.44. The normalized spacial score (nSPS) is 17.0. The quantitative estimate of drug-likeness (QED) is 0.691. The molecule has 1 aromatic rings. The van der Waals surface area contributed by atoms with Gasteiger partial charge < -0.3 is 20.0 Å². The number of halogens is 2. The summed E-state index contributed by atoms with van der Waals surface area (Å²) in [6, 6.07) is 3.50. The van der Waals surface area contributed by atoms with Gasteiger partial charge in [0.15, 0.2) is 0 Å². The Kier molecular flexibility index (Phi) is 7.10. The van der Waals surface area contributed by atoms with Crippen LogP contribution in [-0.2, 0) is 14.3 Å². The predicted molar refractivity (Wildman–Crippen MR) is 98.0 cm³/mol. The molecule has 0 aromatic heterocycles. The lowest BCUT2D eigenvalue weighted by atomic mass is 9.94. The third-order valence-corrected chi connectivity index (χ3v) is 4.69. The van der Waals surface area contributed by atoms with Gasteiger partial charge in [0.05, 0.1) is 18.2 Å². The van der Waals surface area contributed by atoms with Crippen LogP contribution in [0.2, 0.25) is 10.0 Å². The van der Waals surface area contributed by atoms with Gasteiger partial charge in [-0.05, 0) is 44.4 Å². The van der Waals surface area contributed by atoms with E-state index in [1.165, 1.54) is 11.0 Å². The number of urea groups is 1. The van der Waals surface area contributed by atoms with E-state index in [0.717, 1.165) is 0 Å². The second kappa shape index (κ2) is 9.10. The predicted octanol–water partition coefficient (Wildman–Crippen LogP) is 2.43. The molecule has 1 aliphatic rings. The number of ether oxygens (including phenoxy) is 1. The van der Waals surface area contributed by atoms with E-state index in [2.05, 4.69) is 5.32 Å². The van der Waals surface area contributed by atoms with Gasteiger partial charge in [-0.3, -0.25) is 4.90 Å². The number of aliphatic carboxylic acids is 1. The standard InChI is InChI=1S/C18H20Cl2N2O5/c1-3-27-17(25)15-10(2)22(8-4-5-14(23)24)18(26)21-16(15)12-7-6-11(19)9-13(12)20/h6-7,9,16H,3-5,8H2,1-2H3,(H,21,26)(H,23,24)/p-1/t16-/m1/s1. The number of carboxylic acids is 1. The van der Waals surface area contributed by atoms with Gasteiger partial charge in [-0.1, -0.05) is 29.3 Å². The third kappa shape index (κ3) is 4.93. The molecule has 0 radical (unpaired) electrons. The Morgan fingerprint density at radius 1 is 1.33 bits per heavy atom. The highest BCUT2D eigenvalue weighted by molar-refractivity contribution is 6.35. The molecule has 0 saturated carbocycles. The van der Waals surface area contributed by atoms with Crippen molar-refractivity contribution in [3.05, 3.63) is 45.1 Å². The van der Waals surface area contributed by atoms with Crippen LogP contribution in [0.1, 0.15) is 38.3 Å². The van der Waals surface area contributed by atoms with E-state index >= 15 is 0 Å². The number of nitrogens with zero attached hydrogens (tertiary/aromatic N) is 1. The molecule has 27 heavy (non-hydrogen) atoms. The van der Waals surface area contributed by atoms with E-state index in [1.807, 2.05) is 0 Å². The summed E-state index contributed by atoms with van der Waals surface area (Å²) < 4.78 is 5.15. The van der Waals surface area contributed by atoms with E-state index in [0.29, 0.717) is 21.3 Å². The molecule has 0 aliphatic carbocycles. The Morgan fingerprint density at radius 3 is 2.63 bits per heavy atom. The third-order valence-electron chi connectivity index (χ3n) is 4.13. The summed E-state index contributed by atoms with van der Waals surface area (Å²) in [5.74, 6) is -1.79. The van der Waals surface area contributed by atoms with Crippen LogP contribution in [0.3, 0.4) is 0 Å². The van der Waals surface area contributed by atoms with Crippen molar-refractivity contribution in [2.75, 3.05) is 13.2 Å². The molecule has 1 heterocycles. The SMILES string of the molecule is CCOC(=O)C1=C(C)N(CCCC(=O)[O-])C(=O)N[C@@H]1c1ccc(Cl)cc1Cl. The average Bonchev–Trinajstić information content (AvgIpc) is 2.57. The largest absolute Gasteiger partial charge is 0.550 e. The first-order valence-electron chi connectivity index (χ1n) is 8.37. The summed E-state index contributed by atoms with van der Waals surface area (Å²) in [4.78, 5) is 37.1. The Labute approximate surface area is 166 Å². The summed E-state index contributed by atoms with van der Waals surface area (Å²) in [5, 5.41) is 14.1. The molecule has 9 heteroatoms. The first-order chi connectivity index (χ1) is 12.8. The van der Waals surface area contributed by atoms with Gasteiger partial charge in [0.25, 0.3) is 0 Å². The highest BCUT2D eigenvalue weighted by Crippen LogP contribution is 2.35. The van der Waals surface area contributed by atoms with E-state index in [4.69, 9.17) is 27.9 Å². The molecule has 0 fully saturated rings. The summed E-state index contributed by atoms with van der Waals surface area (Å²) in [5.41, 5.74) is 1.12. The molecular formula is C18H19Cl2N2O5-. The van der Waals surface area contributed by atoms with E-state index in [1.54, 1.807) is 26.0 Å². The zero-order chi connectivity index (χ0) is 20.1. The lowest BCUT2D eigenvalue weighted by molar-refractivity contribution is -0.305. The van der Waals surface area contributed by atoms with E-state index in [-0.39, 0.29) is 31.6 Å².